The summed E-state index contributed by atoms with van der Waals surface area (Å²) in [7, 11) is 2.77. The Morgan fingerprint density at radius 2 is 1.72 bits per heavy atom. The minimum absolute atomic E-state index is 0.217. The van der Waals surface area contributed by atoms with Crippen LogP contribution in [0, 0.1) is 0 Å². The zero-order valence-electron chi connectivity index (χ0n) is 17.8. The van der Waals surface area contributed by atoms with Crippen molar-refractivity contribution in [2.24, 2.45) is 0 Å². The average molecular weight is 433 g/mol. The van der Waals surface area contributed by atoms with Gasteiger partial charge in [0.1, 0.15) is 12.4 Å². The Morgan fingerprint density at radius 1 is 0.969 bits per heavy atom. The van der Waals surface area contributed by atoms with Crippen LogP contribution in [0.25, 0.3) is 0 Å². The molecule has 0 bridgehead atoms. The van der Waals surface area contributed by atoms with E-state index in [0.29, 0.717) is 35.1 Å². The van der Waals surface area contributed by atoms with Gasteiger partial charge in [0.2, 0.25) is 0 Å². The molecule has 32 heavy (non-hydrogen) atoms. The zero-order chi connectivity index (χ0) is 22.5. The van der Waals surface area contributed by atoms with Crippen molar-refractivity contribution in [2.75, 3.05) is 32.3 Å². The highest BCUT2D eigenvalue weighted by Crippen LogP contribution is 2.39. The van der Waals surface area contributed by atoms with E-state index in [1.54, 1.807) is 17.0 Å². The van der Waals surface area contributed by atoms with Crippen LogP contribution in [0.3, 0.4) is 0 Å². The molecule has 1 aliphatic rings. The summed E-state index contributed by atoms with van der Waals surface area (Å²) in [4.78, 5) is 26.8. The number of hydrogen-bond donors (Lipinski definition) is 0. The second-order valence-corrected chi connectivity index (χ2v) is 7.11. The second-order valence-electron chi connectivity index (χ2n) is 7.11. The number of hydrogen-bond acceptors (Lipinski definition) is 6. The highest BCUT2D eigenvalue weighted by atomic mass is 16.5. The number of anilines is 1. The normalized spacial score (nSPS) is 14.7. The molecule has 0 N–H and O–H groups in total. The van der Waals surface area contributed by atoms with E-state index >= 15 is 0 Å². The van der Waals surface area contributed by atoms with Crippen molar-refractivity contribution in [3.05, 3.63) is 83.9 Å². The van der Waals surface area contributed by atoms with Gasteiger partial charge in [-0.05, 0) is 35.9 Å². The van der Waals surface area contributed by atoms with Crippen molar-refractivity contribution in [1.82, 2.24) is 0 Å². The van der Waals surface area contributed by atoms with E-state index in [0.717, 1.165) is 5.56 Å². The lowest BCUT2D eigenvalue weighted by Gasteiger charge is -2.37. The Balaban J connectivity index is 1.59. The molecule has 0 spiro atoms. The number of amides is 1. The van der Waals surface area contributed by atoms with E-state index in [9.17, 15) is 9.59 Å². The minimum Gasteiger partial charge on any atom is -0.493 e. The van der Waals surface area contributed by atoms with Crippen molar-refractivity contribution in [3.63, 3.8) is 0 Å². The molecular weight excluding hydrogens is 410 g/mol. The molecule has 0 saturated heterocycles. The molecule has 4 rings (SSSR count). The molecule has 0 aliphatic carbocycles. The van der Waals surface area contributed by atoms with Crippen molar-refractivity contribution in [2.45, 2.75) is 6.04 Å². The van der Waals surface area contributed by atoms with E-state index in [2.05, 4.69) is 0 Å². The van der Waals surface area contributed by atoms with Gasteiger partial charge < -0.3 is 18.9 Å². The standard InChI is InChI=1S/C25H23NO6/c1-29-23-14-18(25(28)30-2)12-13-22(23)32-16-24(27)26-19-10-6-7-11-21(19)31-15-20(26)17-8-4-3-5-9-17/h3-14,20H,15-16H2,1-2H3/t20-/m1/s1. The van der Waals surface area contributed by atoms with E-state index in [1.807, 2.05) is 54.6 Å². The molecule has 0 aromatic heterocycles. The predicted molar refractivity (Wildman–Crippen MR) is 118 cm³/mol. The first-order valence-corrected chi connectivity index (χ1v) is 10.1. The Morgan fingerprint density at radius 3 is 2.47 bits per heavy atom. The number of methoxy groups -OCH3 is 2. The highest BCUT2D eigenvalue weighted by molar-refractivity contribution is 5.97. The van der Waals surface area contributed by atoms with Gasteiger partial charge in [0, 0.05) is 0 Å². The lowest BCUT2D eigenvalue weighted by Crippen LogP contribution is -2.43. The van der Waals surface area contributed by atoms with Crippen LogP contribution in [0.4, 0.5) is 5.69 Å². The number of benzene rings is 3. The molecule has 0 unspecified atom stereocenters. The first kappa shape index (κ1) is 21.2. The summed E-state index contributed by atoms with van der Waals surface area (Å²) in [6.07, 6.45) is 0. The SMILES string of the molecule is COC(=O)c1ccc(OCC(=O)N2c3ccccc3OC[C@@H]2c2ccccc2)c(OC)c1. The van der Waals surface area contributed by atoms with Gasteiger partial charge in [-0.15, -0.1) is 0 Å². The summed E-state index contributed by atoms with van der Waals surface area (Å²) in [5, 5.41) is 0. The van der Waals surface area contributed by atoms with Crippen molar-refractivity contribution in [3.8, 4) is 17.2 Å². The second kappa shape index (κ2) is 9.43. The molecule has 1 amide bonds. The van der Waals surface area contributed by atoms with E-state index in [4.69, 9.17) is 18.9 Å². The Labute approximate surface area is 186 Å². The number of para-hydroxylation sites is 2. The zero-order valence-corrected chi connectivity index (χ0v) is 17.8. The molecule has 3 aromatic carbocycles. The van der Waals surface area contributed by atoms with Crippen molar-refractivity contribution < 1.29 is 28.5 Å². The maximum Gasteiger partial charge on any atom is 0.337 e. The fourth-order valence-corrected chi connectivity index (χ4v) is 3.66. The third-order valence-electron chi connectivity index (χ3n) is 5.22. The van der Waals surface area contributed by atoms with Gasteiger partial charge >= 0.3 is 5.97 Å². The van der Waals surface area contributed by atoms with Crippen LogP contribution in [-0.2, 0) is 9.53 Å². The molecule has 1 atom stereocenters. The van der Waals surface area contributed by atoms with E-state index in [1.165, 1.54) is 20.3 Å². The Kier molecular flexibility index (Phi) is 6.26. The summed E-state index contributed by atoms with van der Waals surface area (Å²) in [5.41, 5.74) is 1.99. The monoisotopic (exact) mass is 433 g/mol. The first-order chi connectivity index (χ1) is 15.6. The van der Waals surface area contributed by atoms with E-state index < -0.39 is 5.97 Å². The molecule has 0 fully saturated rings. The summed E-state index contributed by atoms with van der Waals surface area (Å²) >= 11 is 0. The van der Waals surface area contributed by atoms with Crippen LogP contribution in [0.15, 0.2) is 72.8 Å². The molecule has 164 valence electrons. The maximum atomic E-state index is 13.4. The molecular formula is C25H23NO6. The van der Waals surface area contributed by atoms with Gasteiger partial charge in [0.25, 0.3) is 5.91 Å². The lowest BCUT2D eigenvalue weighted by atomic mass is 10.0. The van der Waals surface area contributed by atoms with Gasteiger partial charge in [-0.3, -0.25) is 9.69 Å². The average Bonchev–Trinajstić information content (AvgIpc) is 2.86. The van der Waals surface area contributed by atoms with Crippen LogP contribution < -0.4 is 19.1 Å². The van der Waals surface area contributed by atoms with Gasteiger partial charge in [0.15, 0.2) is 18.1 Å². The molecule has 7 heteroatoms. The molecule has 0 radical (unpaired) electrons. The van der Waals surface area contributed by atoms with Crippen LogP contribution in [0.5, 0.6) is 17.2 Å². The largest absolute Gasteiger partial charge is 0.493 e. The van der Waals surface area contributed by atoms with Gasteiger partial charge in [-0.2, -0.15) is 0 Å². The first-order valence-electron chi connectivity index (χ1n) is 10.1. The maximum absolute atomic E-state index is 13.4. The highest BCUT2D eigenvalue weighted by Gasteiger charge is 2.33. The Hall–Kier alpha value is -4.00. The van der Waals surface area contributed by atoms with Crippen molar-refractivity contribution in [1.29, 1.82) is 0 Å². The van der Waals surface area contributed by atoms with Crippen LogP contribution >= 0.6 is 0 Å². The lowest BCUT2D eigenvalue weighted by molar-refractivity contribution is -0.121. The molecule has 1 heterocycles. The third kappa shape index (κ3) is 4.23. The quantitative estimate of drug-likeness (QED) is 0.547. The smallest absolute Gasteiger partial charge is 0.337 e. The summed E-state index contributed by atoms with van der Waals surface area (Å²) in [5.74, 6) is 0.622. The third-order valence-corrected chi connectivity index (χ3v) is 5.22. The summed E-state index contributed by atoms with van der Waals surface area (Å²) < 4.78 is 21.8. The number of nitrogens with zero attached hydrogens (tertiary/aromatic N) is 1. The van der Waals surface area contributed by atoms with Crippen LogP contribution in [-0.4, -0.2) is 39.3 Å². The van der Waals surface area contributed by atoms with Gasteiger partial charge in [0.05, 0.1) is 31.5 Å². The number of ether oxygens (including phenoxy) is 4. The predicted octanol–water partition coefficient (Wildman–Crippen LogP) is 4.03. The summed E-state index contributed by atoms with van der Waals surface area (Å²) in [6, 6.07) is 21.5. The fraction of sp³-hybridized carbons (Fsp3) is 0.200. The number of rotatable bonds is 6. The van der Waals surface area contributed by atoms with Crippen molar-refractivity contribution >= 4 is 17.6 Å². The number of fused-ring (bicyclic) bond motifs is 1. The van der Waals surface area contributed by atoms with Gasteiger partial charge in [-0.25, -0.2) is 4.79 Å². The fourth-order valence-electron chi connectivity index (χ4n) is 3.66. The number of esters is 1. The number of carbonyl (C=O) groups is 2. The van der Waals surface area contributed by atoms with Crippen LogP contribution in [0.1, 0.15) is 22.0 Å². The molecule has 3 aromatic rings. The summed E-state index contributed by atoms with van der Waals surface area (Å²) in [6.45, 7) is 0.121. The molecule has 1 aliphatic heterocycles. The topological polar surface area (TPSA) is 74.3 Å². The van der Waals surface area contributed by atoms with Gasteiger partial charge in [-0.1, -0.05) is 42.5 Å². The van der Waals surface area contributed by atoms with E-state index in [-0.39, 0.29) is 18.6 Å². The Bertz CT molecular complexity index is 1110. The van der Waals surface area contributed by atoms with Crippen LogP contribution in [0.2, 0.25) is 0 Å². The minimum atomic E-state index is -0.485. The number of carbonyl (C=O) groups excluding carboxylic acids is 2. The molecule has 7 nitrogen and oxygen atoms in total. The molecule has 0 saturated carbocycles.